The number of methoxy groups -OCH3 is 2. The standard InChI is InChI=1S/C39H34O4/c1-42-37(23-21-35(40)31(25-37)27-13-5-3-6-14-27)39(33-19-11-9-17-29(33)30-18-10-12-20-34(30)39)38(43-2)24-22-36(41)32(26-38)28-15-7-4-8-16-28/h3-24,40-41H,25-26H2,1-2H3. The molecule has 0 saturated heterocycles. The van der Waals surface area contributed by atoms with Gasteiger partial charge in [-0.05, 0) is 57.7 Å². The molecule has 0 bridgehead atoms. The molecule has 3 aliphatic carbocycles. The van der Waals surface area contributed by atoms with Crippen molar-refractivity contribution in [3.05, 3.63) is 167 Å². The van der Waals surface area contributed by atoms with Gasteiger partial charge in [0.05, 0.1) is 5.41 Å². The third-order valence-corrected chi connectivity index (χ3v) is 9.71. The van der Waals surface area contributed by atoms with Crippen molar-refractivity contribution >= 4 is 11.1 Å². The summed E-state index contributed by atoms with van der Waals surface area (Å²) in [6, 6.07) is 37.0. The van der Waals surface area contributed by atoms with Crippen LogP contribution in [0.15, 0.2) is 145 Å². The van der Waals surface area contributed by atoms with Gasteiger partial charge in [-0.2, -0.15) is 0 Å². The molecule has 214 valence electrons. The first-order chi connectivity index (χ1) is 21.0. The maximum Gasteiger partial charge on any atom is 0.119 e. The molecule has 0 spiro atoms. The van der Waals surface area contributed by atoms with Crippen LogP contribution < -0.4 is 0 Å². The molecular weight excluding hydrogens is 532 g/mol. The fourth-order valence-electron chi connectivity index (χ4n) is 7.84. The zero-order valence-electron chi connectivity index (χ0n) is 24.3. The zero-order valence-corrected chi connectivity index (χ0v) is 24.3. The van der Waals surface area contributed by atoms with Gasteiger partial charge in [0.1, 0.15) is 22.7 Å². The van der Waals surface area contributed by atoms with Crippen LogP contribution in [0.5, 0.6) is 0 Å². The van der Waals surface area contributed by atoms with Gasteiger partial charge in [-0.25, -0.2) is 0 Å². The molecule has 0 fully saturated rings. The lowest BCUT2D eigenvalue weighted by Gasteiger charge is -2.58. The highest BCUT2D eigenvalue weighted by molar-refractivity contribution is 5.86. The minimum absolute atomic E-state index is 0.224. The Hall–Kier alpha value is -4.64. The van der Waals surface area contributed by atoms with Crippen LogP contribution in [0.25, 0.3) is 22.3 Å². The van der Waals surface area contributed by atoms with Crippen molar-refractivity contribution in [2.75, 3.05) is 14.2 Å². The van der Waals surface area contributed by atoms with E-state index in [1.165, 1.54) is 0 Å². The monoisotopic (exact) mass is 566 g/mol. The second kappa shape index (κ2) is 10.3. The summed E-state index contributed by atoms with van der Waals surface area (Å²) < 4.78 is 13.6. The van der Waals surface area contributed by atoms with Crippen LogP contribution in [-0.2, 0) is 14.9 Å². The average Bonchev–Trinajstić information content (AvgIpc) is 3.38. The average molecular weight is 567 g/mol. The SMILES string of the molecule is COC1(C2(C3(OC)C=CC(O)=C(c4ccccc4)C3)c3ccccc3-c3ccccc32)C=CC(O)=C(c2ccccc2)C1. The van der Waals surface area contributed by atoms with E-state index in [0.717, 1.165) is 44.5 Å². The predicted molar refractivity (Wildman–Crippen MR) is 172 cm³/mol. The molecule has 3 aliphatic rings. The first-order valence-corrected chi connectivity index (χ1v) is 14.6. The van der Waals surface area contributed by atoms with Gasteiger partial charge in [-0.1, -0.05) is 109 Å². The van der Waals surface area contributed by atoms with Gasteiger partial charge in [0.2, 0.25) is 0 Å². The van der Waals surface area contributed by atoms with Crippen LogP contribution in [0.2, 0.25) is 0 Å². The van der Waals surface area contributed by atoms with Crippen molar-refractivity contribution in [2.24, 2.45) is 0 Å². The van der Waals surface area contributed by atoms with Crippen LogP contribution in [0, 0.1) is 0 Å². The van der Waals surface area contributed by atoms with E-state index in [4.69, 9.17) is 9.47 Å². The molecule has 0 saturated carbocycles. The normalized spacial score (nSPS) is 23.8. The Kier molecular flexibility index (Phi) is 6.50. The maximum absolute atomic E-state index is 11.3. The highest BCUT2D eigenvalue weighted by atomic mass is 16.5. The molecule has 2 atom stereocenters. The molecule has 2 N–H and O–H groups in total. The summed E-state index contributed by atoms with van der Waals surface area (Å²) in [5, 5.41) is 22.6. The van der Waals surface area contributed by atoms with E-state index in [2.05, 4.69) is 48.5 Å². The lowest BCUT2D eigenvalue weighted by Crippen LogP contribution is -2.66. The van der Waals surface area contributed by atoms with Crippen molar-refractivity contribution < 1.29 is 19.7 Å². The Bertz CT molecular complexity index is 1680. The molecule has 7 rings (SSSR count). The second-order valence-corrected chi connectivity index (χ2v) is 11.5. The maximum atomic E-state index is 11.3. The van der Waals surface area contributed by atoms with E-state index in [1.54, 1.807) is 26.4 Å². The Morgan fingerprint density at radius 2 is 0.884 bits per heavy atom. The van der Waals surface area contributed by atoms with Gasteiger partial charge >= 0.3 is 0 Å². The highest BCUT2D eigenvalue weighted by Crippen LogP contribution is 2.66. The van der Waals surface area contributed by atoms with Crippen LogP contribution >= 0.6 is 0 Å². The van der Waals surface area contributed by atoms with Gasteiger partial charge in [-0.3, -0.25) is 0 Å². The molecule has 0 radical (unpaired) electrons. The smallest absolute Gasteiger partial charge is 0.119 e. The molecule has 0 aromatic heterocycles. The van der Waals surface area contributed by atoms with Crippen molar-refractivity contribution in [1.82, 2.24) is 0 Å². The summed E-state index contributed by atoms with van der Waals surface area (Å²) in [7, 11) is 3.50. The molecule has 0 aliphatic heterocycles. The topological polar surface area (TPSA) is 58.9 Å². The quantitative estimate of drug-likeness (QED) is 0.245. The first kappa shape index (κ1) is 27.2. The number of hydrogen-bond acceptors (Lipinski definition) is 4. The number of rotatable bonds is 6. The van der Waals surface area contributed by atoms with Gasteiger partial charge in [0.25, 0.3) is 0 Å². The Morgan fingerprint density at radius 1 is 0.512 bits per heavy atom. The number of allylic oxidation sites excluding steroid dienone is 2. The molecule has 4 heteroatoms. The van der Waals surface area contributed by atoms with Crippen molar-refractivity contribution in [2.45, 2.75) is 29.5 Å². The Balaban J connectivity index is 1.55. The highest BCUT2D eigenvalue weighted by Gasteiger charge is 2.68. The first-order valence-electron chi connectivity index (χ1n) is 14.6. The van der Waals surface area contributed by atoms with Gasteiger partial charge < -0.3 is 19.7 Å². The third kappa shape index (κ3) is 3.77. The van der Waals surface area contributed by atoms with Crippen LogP contribution in [0.4, 0.5) is 0 Å². The van der Waals surface area contributed by atoms with Gasteiger partial charge in [0, 0.05) is 38.2 Å². The van der Waals surface area contributed by atoms with Gasteiger partial charge in [-0.15, -0.1) is 0 Å². The number of ether oxygens (including phenoxy) is 2. The Labute approximate surface area is 252 Å². The summed E-state index contributed by atoms with van der Waals surface area (Å²) in [4.78, 5) is 0. The van der Waals surface area contributed by atoms with Crippen LogP contribution in [-0.4, -0.2) is 35.6 Å². The van der Waals surface area contributed by atoms with E-state index < -0.39 is 16.6 Å². The van der Waals surface area contributed by atoms with E-state index in [1.807, 2.05) is 72.8 Å². The Morgan fingerprint density at radius 3 is 1.28 bits per heavy atom. The number of fused-ring (bicyclic) bond motifs is 3. The van der Waals surface area contributed by atoms with Gasteiger partial charge in [0.15, 0.2) is 0 Å². The molecule has 4 aromatic rings. The summed E-state index contributed by atoms with van der Waals surface area (Å²) in [6.45, 7) is 0. The fraction of sp³-hybridized carbons (Fsp3) is 0.179. The second-order valence-electron chi connectivity index (χ2n) is 11.5. The summed E-state index contributed by atoms with van der Waals surface area (Å²) in [5.41, 5.74) is 4.96. The summed E-state index contributed by atoms with van der Waals surface area (Å²) >= 11 is 0. The molecule has 4 nitrogen and oxygen atoms in total. The molecular formula is C39H34O4. The summed E-state index contributed by atoms with van der Waals surface area (Å²) in [5.74, 6) is 0.448. The molecule has 0 heterocycles. The van der Waals surface area contributed by atoms with Crippen LogP contribution in [0.3, 0.4) is 0 Å². The predicted octanol–water partition coefficient (Wildman–Crippen LogP) is 8.58. The molecule has 43 heavy (non-hydrogen) atoms. The lowest BCUT2D eigenvalue weighted by atomic mass is 9.51. The van der Waals surface area contributed by atoms with E-state index in [-0.39, 0.29) is 11.5 Å². The minimum atomic E-state index is -0.998. The van der Waals surface area contributed by atoms with E-state index in [0.29, 0.717) is 12.8 Å². The molecule has 4 aromatic carbocycles. The fourth-order valence-corrected chi connectivity index (χ4v) is 7.84. The largest absolute Gasteiger partial charge is 0.508 e. The lowest BCUT2D eigenvalue weighted by molar-refractivity contribution is -0.115. The van der Waals surface area contributed by atoms with E-state index in [9.17, 15) is 10.2 Å². The molecule has 2 unspecified atom stereocenters. The number of hydrogen-bond donors (Lipinski definition) is 2. The minimum Gasteiger partial charge on any atom is -0.508 e. The third-order valence-electron chi connectivity index (χ3n) is 9.71. The van der Waals surface area contributed by atoms with Crippen molar-refractivity contribution in [1.29, 1.82) is 0 Å². The number of aliphatic hydroxyl groups is 2. The van der Waals surface area contributed by atoms with Crippen molar-refractivity contribution in [3.63, 3.8) is 0 Å². The van der Waals surface area contributed by atoms with Crippen LogP contribution in [0.1, 0.15) is 35.1 Å². The van der Waals surface area contributed by atoms with E-state index >= 15 is 0 Å². The summed E-state index contributed by atoms with van der Waals surface area (Å²) in [6.07, 6.45) is 8.39. The number of aliphatic hydroxyl groups excluding tert-OH is 2. The van der Waals surface area contributed by atoms with Crippen molar-refractivity contribution in [3.8, 4) is 11.1 Å². The number of benzene rings is 4. The molecule has 0 amide bonds. The zero-order chi connectivity index (χ0) is 29.7.